The summed E-state index contributed by atoms with van der Waals surface area (Å²) < 4.78 is 73.8. The number of esters is 5. The molecule has 100 heavy (non-hydrogen) atoms. The van der Waals surface area contributed by atoms with Gasteiger partial charge in [0.1, 0.15) is 38.5 Å². The van der Waals surface area contributed by atoms with Crippen molar-refractivity contribution in [1.29, 1.82) is 0 Å². The zero-order valence-electron chi connectivity index (χ0n) is 54.0. The van der Waals surface area contributed by atoms with Crippen LogP contribution in [0.3, 0.4) is 0 Å². The number of amides is 2. The Morgan fingerprint density at radius 2 is 0.870 bits per heavy atom. The molecule has 0 saturated heterocycles. The first kappa shape index (κ1) is 68.5. The van der Waals surface area contributed by atoms with Gasteiger partial charge in [-0.25, -0.2) is 34.1 Å². The fraction of sp³-hybridized carbons (Fsp3) is 0.319. The normalized spacial score (nSPS) is 18.5. The van der Waals surface area contributed by atoms with Crippen molar-refractivity contribution in [1.82, 2.24) is 39.3 Å². The summed E-state index contributed by atoms with van der Waals surface area (Å²) in [4.78, 5) is 140. The van der Waals surface area contributed by atoms with E-state index in [1.165, 1.54) is 22.9 Å². The van der Waals surface area contributed by atoms with E-state index < -0.39 is 89.1 Å². The fourth-order valence-corrected chi connectivity index (χ4v) is 13.3. The Balaban J connectivity index is 0.000000144. The van der Waals surface area contributed by atoms with Gasteiger partial charge in [0.2, 0.25) is 11.2 Å². The molecular weight excluding hydrogens is 1310 g/mol. The predicted molar refractivity (Wildman–Crippen MR) is 351 cm³/mol. The van der Waals surface area contributed by atoms with E-state index in [9.17, 15) is 66.2 Å². The molecule has 0 bridgehead atoms. The molecule has 3 aromatic carbocycles. The average molecular weight is 1370 g/mol. The molecule has 0 unspecified atom stereocenters. The molecule has 25 nitrogen and oxygen atoms in total. The highest BCUT2D eigenvalue weighted by atomic mass is 19.4. The van der Waals surface area contributed by atoms with Gasteiger partial charge >= 0.3 is 48.0 Å². The zero-order chi connectivity index (χ0) is 70.4. The number of aliphatic hydroxyl groups is 1. The van der Waals surface area contributed by atoms with E-state index in [2.05, 4.69) is 10.3 Å². The van der Waals surface area contributed by atoms with Crippen molar-refractivity contribution in [2.24, 2.45) is 0 Å². The number of alkyl halides is 3. The Bertz CT molecular complexity index is 5210. The number of para-hydroxylation sites is 3. The van der Waals surface area contributed by atoms with Crippen molar-refractivity contribution in [2.75, 3.05) is 13.1 Å². The van der Waals surface area contributed by atoms with Crippen LogP contribution in [0.4, 0.5) is 18.0 Å². The van der Waals surface area contributed by atoms with Crippen LogP contribution >= 0.6 is 0 Å². The van der Waals surface area contributed by atoms with Crippen molar-refractivity contribution in [3.8, 4) is 34.2 Å². The number of halogens is 3. The smallest absolute Gasteiger partial charge is 0.458 e. The molecule has 0 aliphatic carbocycles. The summed E-state index contributed by atoms with van der Waals surface area (Å²) in [5.41, 5.74) is 2.30. The molecule has 3 N–H and O–H groups in total. The minimum atomic E-state index is -5.20. The standard InChI is InChI=1S/C27H27N3O7.C24H18F3N3O6.C20H16N2O4.CH4/c1-5-27(36-21(31)12-28-25(34)37-26(2,3)4)18-11-20-22-16(10-15-8-6-7-9-19(15)29-22)13-30(20)23(32)17(18)14-35-24(27)33;1-2-23(36-18(31)9-28-21(33)24(25,26)27)15-8-17-19-13(7-12-5-3-4-6-16(12)29-19)10-30(17)20(32)14(15)11-35-22(23)34;1-2-20(25)14-8-16-17-12(7-11-5-3-4-6-15(11)21-17)9-22(16)18(23)13(14)10-26-19(20)24;/h6-11H,5,12-14H2,1-4H3,(H,28,34);3-8H,2,9-11H2,1H3,(H,28,33);3-8,25H,2,9-10H2,1H3;1H4/t27-;23-;20-;/m000./s1. The number of nitrogens with one attached hydrogen (secondary N) is 2. The van der Waals surface area contributed by atoms with Crippen LogP contribution in [0, 0.1) is 0 Å². The summed E-state index contributed by atoms with van der Waals surface area (Å²) >= 11 is 0. The van der Waals surface area contributed by atoms with Crippen molar-refractivity contribution in [2.45, 2.75) is 136 Å². The summed E-state index contributed by atoms with van der Waals surface area (Å²) in [6, 6.07) is 33.8. The summed E-state index contributed by atoms with van der Waals surface area (Å²) in [5.74, 6) is -6.96. The van der Waals surface area contributed by atoms with Crippen LogP contribution in [-0.2, 0) is 113 Å². The van der Waals surface area contributed by atoms with Gasteiger partial charge < -0.3 is 57.9 Å². The van der Waals surface area contributed by atoms with Gasteiger partial charge in [-0.3, -0.25) is 28.8 Å². The molecule has 28 heteroatoms. The van der Waals surface area contributed by atoms with Crippen molar-refractivity contribution < 1.29 is 80.3 Å². The summed E-state index contributed by atoms with van der Waals surface area (Å²) in [5, 5.41) is 17.4. The number of hydrogen-bond donors (Lipinski definition) is 3. The lowest BCUT2D eigenvalue weighted by molar-refractivity contribution is -0.190. The maximum atomic E-state index is 13.5. The second-order valence-electron chi connectivity index (χ2n) is 25.3. The molecule has 6 aromatic heterocycles. The van der Waals surface area contributed by atoms with Gasteiger partial charge in [-0.05, 0) is 94.6 Å². The topological polar surface area (TPSA) is 324 Å². The molecule has 0 saturated carbocycles. The van der Waals surface area contributed by atoms with Crippen LogP contribution in [0.2, 0.25) is 0 Å². The van der Waals surface area contributed by atoms with E-state index in [-0.39, 0.29) is 86.4 Å². The first-order valence-electron chi connectivity index (χ1n) is 31.6. The highest BCUT2D eigenvalue weighted by Gasteiger charge is 2.53. The van der Waals surface area contributed by atoms with Crippen LogP contribution < -0.4 is 27.3 Å². The van der Waals surface area contributed by atoms with Crippen LogP contribution in [-0.4, -0.2) is 100 Å². The fourth-order valence-electron chi connectivity index (χ4n) is 13.3. The zero-order valence-corrected chi connectivity index (χ0v) is 54.0. The third-order valence-electron chi connectivity index (χ3n) is 18.2. The Hall–Kier alpha value is -11.4. The third-order valence-corrected chi connectivity index (χ3v) is 18.2. The lowest BCUT2D eigenvalue weighted by atomic mass is 9.85. The number of hydrogen-bond acceptors (Lipinski definition) is 20. The Kier molecular flexibility index (Phi) is 17.4. The van der Waals surface area contributed by atoms with Crippen molar-refractivity contribution >= 4 is 74.6 Å². The first-order chi connectivity index (χ1) is 47.1. The lowest BCUT2D eigenvalue weighted by Crippen LogP contribution is -2.49. The van der Waals surface area contributed by atoms with Gasteiger partial charge in [0.15, 0.2) is 5.60 Å². The van der Waals surface area contributed by atoms with Gasteiger partial charge in [-0.15, -0.1) is 0 Å². The number of rotatable bonds is 9. The highest BCUT2D eigenvalue weighted by molar-refractivity contribution is 5.93. The van der Waals surface area contributed by atoms with Crippen molar-refractivity contribution in [3.63, 3.8) is 0 Å². The number of fused-ring (bicyclic) bond motifs is 15. The van der Waals surface area contributed by atoms with E-state index in [1.807, 2.05) is 91.0 Å². The number of pyridine rings is 6. The molecule has 9 aromatic rings. The van der Waals surface area contributed by atoms with E-state index in [0.29, 0.717) is 58.2 Å². The maximum absolute atomic E-state index is 13.5. The van der Waals surface area contributed by atoms with E-state index in [4.69, 9.17) is 38.4 Å². The van der Waals surface area contributed by atoms with Crippen molar-refractivity contribution in [3.05, 3.63) is 190 Å². The molecule has 0 radical (unpaired) electrons. The third kappa shape index (κ3) is 11.7. The molecule has 6 aliphatic rings. The summed E-state index contributed by atoms with van der Waals surface area (Å²) in [7, 11) is 0. The number of carbonyl (C=O) groups excluding carboxylic acids is 7. The number of ether oxygens (including phenoxy) is 6. The molecule has 0 fully saturated rings. The van der Waals surface area contributed by atoms with Gasteiger partial charge in [0, 0.05) is 49.5 Å². The van der Waals surface area contributed by atoms with E-state index in [0.717, 1.165) is 49.6 Å². The summed E-state index contributed by atoms with van der Waals surface area (Å²) in [6.45, 7) is 8.58. The van der Waals surface area contributed by atoms with Gasteiger partial charge in [0.05, 0.1) is 87.0 Å². The maximum Gasteiger partial charge on any atom is 0.471 e. The molecule has 3 atom stereocenters. The lowest BCUT2D eigenvalue weighted by Gasteiger charge is -2.35. The number of cyclic esters (lactones) is 3. The Morgan fingerprint density at radius 3 is 1.23 bits per heavy atom. The second kappa shape index (κ2) is 25.5. The summed E-state index contributed by atoms with van der Waals surface area (Å²) in [6.07, 6.45) is -6.00. The molecule has 6 aliphatic heterocycles. The van der Waals surface area contributed by atoms with Crippen LogP contribution in [0.15, 0.2) is 124 Å². The molecule has 2 amide bonds. The monoisotopic (exact) mass is 1370 g/mol. The molecule has 0 spiro atoms. The second-order valence-corrected chi connectivity index (χ2v) is 25.3. The van der Waals surface area contributed by atoms with Gasteiger partial charge in [-0.2, -0.15) is 13.2 Å². The number of carbonyl (C=O) groups is 7. The van der Waals surface area contributed by atoms with Crippen LogP contribution in [0.25, 0.3) is 66.9 Å². The number of nitrogens with zero attached hydrogens (tertiary/aromatic N) is 6. The van der Waals surface area contributed by atoms with Gasteiger partial charge in [0.25, 0.3) is 16.7 Å². The SMILES string of the molecule is C.CC[C@@]1(O)C(=O)OCc2c1cc1n(c2=O)Cc2cc3ccccc3nc2-1.CC[C@@]1(OC(=O)CNC(=O)C(F)(F)F)C(=O)OCc2c1cc1n(c2=O)Cc2cc3ccccc3nc2-1.CC[C@@]1(OC(=O)CNC(=O)OC(C)(C)C)C(=O)OCc2c1cc1n(c2=O)Cc2cc3ccccc3nc2-1. The Labute approximate surface area is 565 Å². The quantitative estimate of drug-likeness (QED) is 0.0905. The number of alkyl carbamates (subject to hydrolysis) is 1. The van der Waals surface area contributed by atoms with Crippen LogP contribution in [0.1, 0.15) is 118 Å². The molecule has 15 rings (SSSR count). The molecule has 12 heterocycles. The highest BCUT2D eigenvalue weighted by Crippen LogP contribution is 2.44. The average Bonchev–Trinajstić information content (AvgIpc) is 1.46. The number of benzene rings is 3. The first-order valence-corrected chi connectivity index (χ1v) is 31.6. The molecule has 516 valence electrons. The van der Waals surface area contributed by atoms with E-state index >= 15 is 0 Å². The minimum Gasteiger partial charge on any atom is -0.458 e. The number of aromatic nitrogens is 6. The largest absolute Gasteiger partial charge is 0.471 e. The minimum absolute atomic E-state index is 0. The van der Waals surface area contributed by atoms with Gasteiger partial charge in [-0.1, -0.05) is 82.8 Å². The molecular formula is C72H65F3N8O17. The van der Waals surface area contributed by atoms with E-state index in [1.54, 1.807) is 55.9 Å². The van der Waals surface area contributed by atoms with Crippen LogP contribution in [0.5, 0.6) is 0 Å². The predicted octanol–water partition coefficient (Wildman–Crippen LogP) is 8.18. The Morgan fingerprint density at radius 1 is 0.520 bits per heavy atom.